The molecule has 10 heteroatoms. The molecule has 1 aromatic heterocycles. The SMILES string of the molecule is C[C@@H]1CCCC[C@@H]1NC(=O)CSc1nnc(C(F)(F)F)n1N. The lowest BCUT2D eigenvalue weighted by Crippen LogP contribution is -2.41. The molecule has 1 aliphatic rings. The van der Waals surface area contributed by atoms with Crippen LogP contribution < -0.4 is 11.2 Å². The molecule has 2 atom stereocenters. The molecule has 3 N–H and O–H groups in total. The number of carbonyl (C=O) groups excluding carboxylic acids is 1. The van der Waals surface area contributed by atoms with E-state index in [1.165, 1.54) is 6.42 Å². The summed E-state index contributed by atoms with van der Waals surface area (Å²) in [6, 6.07) is 0.128. The molecule has 1 aliphatic carbocycles. The molecule has 0 aliphatic heterocycles. The van der Waals surface area contributed by atoms with E-state index in [0.29, 0.717) is 10.6 Å². The fourth-order valence-electron chi connectivity index (χ4n) is 2.48. The van der Waals surface area contributed by atoms with Crippen LogP contribution >= 0.6 is 11.8 Å². The van der Waals surface area contributed by atoms with Gasteiger partial charge >= 0.3 is 6.18 Å². The lowest BCUT2D eigenvalue weighted by atomic mass is 9.86. The quantitative estimate of drug-likeness (QED) is 0.646. The molecule has 0 aromatic carbocycles. The highest BCUT2D eigenvalue weighted by Crippen LogP contribution is 2.29. The van der Waals surface area contributed by atoms with Gasteiger partial charge in [-0.15, -0.1) is 10.2 Å². The Balaban J connectivity index is 1.87. The number of nitrogens with two attached hydrogens (primary N) is 1. The van der Waals surface area contributed by atoms with E-state index in [2.05, 4.69) is 22.4 Å². The van der Waals surface area contributed by atoms with Gasteiger partial charge in [0, 0.05) is 6.04 Å². The Labute approximate surface area is 130 Å². The number of halogens is 3. The van der Waals surface area contributed by atoms with Crippen LogP contribution in [0.4, 0.5) is 13.2 Å². The van der Waals surface area contributed by atoms with E-state index in [4.69, 9.17) is 5.84 Å². The number of alkyl halides is 3. The van der Waals surface area contributed by atoms with E-state index in [1.807, 2.05) is 0 Å². The van der Waals surface area contributed by atoms with Crippen molar-refractivity contribution in [1.82, 2.24) is 20.2 Å². The zero-order valence-corrected chi connectivity index (χ0v) is 12.9. The van der Waals surface area contributed by atoms with Crippen molar-refractivity contribution < 1.29 is 18.0 Å². The second kappa shape index (κ2) is 6.76. The number of aromatic nitrogens is 3. The second-order valence-corrected chi connectivity index (χ2v) is 6.34. The number of nitrogens with one attached hydrogen (secondary N) is 1. The number of nitrogen functional groups attached to an aromatic ring is 1. The summed E-state index contributed by atoms with van der Waals surface area (Å²) in [4.78, 5) is 11.9. The maximum absolute atomic E-state index is 12.5. The van der Waals surface area contributed by atoms with Gasteiger partial charge in [0.15, 0.2) is 0 Å². The first-order valence-corrected chi connectivity index (χ1v) is 7.97. The standard InChI is InChI=1S/C12H18F3N5OS/c1-7-4-2-3-5-8(7)17-9(21)6-22-11-19-18-10(20(11)16)12(13,14)15/h7-8H,2-6,16H2,1H3,(H,17,21)/t7-,8+/m1/s1. The van der Waals surface area contributed by atoms with Crippen molar-refractivity contribution in [2.45, 2.75) is 50.0 Å². The van der Waals surface area contributed by atoms with E-state index in [9.17, 15) is 18.0 Å². The first kappa shape index (κ1) is 16.9. The van der Waals surface area contributed by atoms with Crippen molar-refractivity contribution in [3.8, 4) is 0 Å². The fourth-order valence-corrected chi connectivity index (χ4v) is 3.15. The number of nitrogens with zero attached hydrogens (tertiary/aromatic N) is 3. The summed E-state index contributed by atoms with van der Waals surface area (Å²) in [6.45, 7) is 2.09. The number of hydrogen-bond donors (Lipinski definition) is 2. The Hall–Kier alpha value is -1.45. The van der Waals surface area contributed by atoms with Crippen molar-refractivity contribution in [3.63, 3.8) is 0 Å². The summed E-state index contributed by atoms with van der Waals surface area (Å²) >= 11 is 0.834. The minimum Gasteiger partial charge on any atom is -0.352 e. The normalized spacial score (nSPS) is 22.5. The molecule has 2 rings (SSSR count). The van der Waals surface area contributed by atoms with Crippen LogP contribution in [0.5, 0.6) is 0 Å². The third-order valence-electron chi connectivity index (χ3n) is 3.71. The highest BCUT2D eigenvalue weighted by atomic mass is 32.2. The van der Waals surface area contributed by atoms with Gasteiger partial charge in [-0.05, 0) is 18.8 Å². The van der Waals surface area contributed by atoms with E-state index in [-0.39, 0.29) is 22.9 Å². The van der Waals surface area contributed by atoms with E-state index in [1.54, 1.807) is 0 Å². The third kappa shape index (κ3) is 4.05. The van der Waals surface area contributed by atoms with Gasteiger partial charge in [0.05, 0.1) is 5.75 Å². The molecule has 1 saturated carbocycles. The van der Waals surface area contributed by atoms with Gasteiger partial charge in [0.1, 0.15) is 0 Å². The number of amides is 1. The van der Waals surface area contributed by atoms with Crippen LogP contribution in [0.3, 0.4) is 0 Å². The minimum absolute atomic E-state index is 0.0452. The first-order valence-electron chi connectivity index (χ1n) is 6.99. The zero-order chi connectivity index (χ0) is 16.3. The predicted octanol–water partition coefficient (Wildman–Crippen LogP) is 1.80. The van der Waals surface area contributed by atoms with Crippen LogP contribution in [-0.2, 0) is 11.0 Å². The number of thioether (sulfide) groups is 1. The van der Waals surface area contributed by atoms with Crippen LogP contribution in [0.25, 0.3) is 0 Å². The van der Waals surface area contributed by atoms with Crippen LogP contribution in [-0.4, -0.2) is 32.6 Å². The molecular weight excluding hydrogens is 319 g/mol. The van der Waals surface area contributed by atoms with Crippen LogP contribution in [0.15, 0.2) is 5.16 Å². The Morgan fingerprint density at radius 3 is 2.68 bits per heavy atom. The molecule has 0 saturated heterocycles. The van der Waals surface area contributed by atoms with Crippen molar-refractivity contribution in [2.75, 3.05) is 11.6 Å². The number of rotatable bonds is 4. The van der Waals surface area contributed by atoms with Crippen molar-refractivity contribution in [2.24, 2.45) is 5.92 Å². The molecule has 124 valence electrons. The van der Waals surface area contributed by atoms with E-state index in [0.717, 1.165) is 31.0 Å². The lowest BCUT2D eigenvalue weighted by Gasteiger charge is -2.29. The number of carbonyl (C=O) groups is 1. The van der Waals surface area contributed by atoms with E-state index >= 15 is 0 Å². The molecule has 0 unspecified atom stereocenters. The highest BCUT2D eigenvalue weighted by molar-refractivity contribution is 7.99. The number of hydrogen-bond acceptors (Lipinski definition) is 5. The molecule has 22 heavy (non-hydrogen) atoms. The van der Waals surface area contributed by atoms with Crippen LogP contribution in [0, 0.1) is 5.92 Å². The molecular formula is C12H18F3N5OS. The molecule has 6 nitrogen and oxygen atoms in total. The first-order chi connectivity index (χ1) is 10.3. The summed E-state index contributed by atoms with van der Waals surface area (Å²) in [7, 11) is 0. The molecule has 1 fully saturated rings. The topological polar surface area (TPSA) is 85.8 Å². The van der Waals surface area contributed by atoms with Crippen molar-refractivity contribution in [1.29, 1.82) is 0 Å². The molecule has 0 radical (unpaired) electrons. The van der Waals surface area contributed by atoms with E-state index < -0.39 is 12.0 Å². The lowest BCUT2D eigenvalue weighted by molar-refractivity contribution is -0.146. The maximum atomic E-state index is 12.5. The van der Waals surface area contributed by atoms with Crippen molar-refractivity contribution in [3.05, 3.63) is 5.82 Å². The van der Waals surface area contributed by atoms with Gasteiger partial charge < -0.3 is 11.2 Å². The molecule has 0 spiro atoms. The van der Waals surface area contributed by atoms with Gasteiger partial charge in [-0.2, -0.15) is 13.2 Å². The average Bonchev–Trinajstić information content (AvgIpc) is 2.80. The predicted molar refractivity (Wildman–Crippen MR) is 75.5 cm³/mol. The Kier molecular flexibility index (Phi) is 5.20. The molecule has 1 aromatic rings. The van der Waals surface area contributed by atoms with Gasteiger partial charge in [-0.1, -0.05) is 31.5 Å². The molecule has 1 amide bonds. The minimum atomic E-state index is -4.67. The zero-order valence-electron chi connectivity index (χ0n) is 12.1. The smallest absolute Gasteiger partial charge is 0.352 e. The Morgan fingerprint density at radius 2 is 2.09 bits per heavy atom. The Morgan fingerprint density at radius 1 is 1.41 bits per heavy atom. The Bertz CT molecular complexity index is 533. The van der Waals surface area contributed by atoms with Gasteiger partial charge in [-0.3, -0.25) is 4.79 Å². The molecule has 0 bridgehead atoms. The maximum Gasteiger partial charge on any atom is 0.453 e. The summed E-state index contributed by atoms with van der Waals surface area (Å²) < 4.78 is 37.9. The highest BCUT2D eigenvalue weighted by Gasteiger charge is 2.38. The van der Waals surface area contributed by atoms with Gasteiger partial charge in [-0.25, -0.2) is 4.68 Å². The third-order valence-corrected chi connectivity index (χ3v) is 4.65. The monoisotopic (exact) mass is 337 g/mol. The van der Waals surface area contributed by atoms with Crippen LogP contribution in [0.1, 0.15) is 38.4 Å². The van der Waals surface area contributed by atoms with Gasteiger partial charge in [0.25, 0.3) is 5.82 Å². The second-order valence-electron chi connectivity index (χ2n) is 5.40. The fraction of sp³-hybridized carbons (Fsp3) is 0.750. The van der Waals surface area contributed by atoms with Crippen LogP contribution in [0.2, 0.25) is 0 Å². The largest absolute Gasteiger partial charge is 0.453 e. The summed E-state index contributed by atoms with van der Waals surface area (Å²) in [5.74, 6) is 4.15. The van der Waals surface area contributed by atoms with Gasteiger partial charge in [0.2, 0.25) is 11.1 Å². The summed E-state index contributed by atoms with van der Waals surface area (Å²) in [5, 5.41) is 9.15. The van der Waals surface area contributed by atoms with Crippen molar-refractivity contribution >= 4 is 17.7 Å². The summed E-state index contributed by atoms with van der Waals surface area (Å²) in [6.07, 6.45) is -0.416. The molecule has 1 heterocycles. The average molecular weight is 337 g/mol. The summed E-state index contributed by atoms with van der Waals surface area (Å²) in [5.41, 5.74) is 0.